The SMILES string of the molecule is c1cncc(-c2ccc3n2CSC3)c1. The summed E-state index contributed by atoms with van der Waals surface area (Å²) in [6.45, 7) is 0. The number of rotatable bonds is 1. The third-order valence-electron chi connectivity index (χ3n) is 2.50. The van der Waals surface area contributed by atoms with E-state index in [-0.39, 0.29) is 0 Å². The van der Waals surface area contributed by atoms with E-state index in [1.54, 1.807) is 0 Å². The fraction of sp³-hybridized carbons (Fsp3) is 0.182. The Bertz CT molecular complexity index is 448. The first-order valence-corrected chi connectivity index (χ1v) is 5.77. The molecular weight excluding hydrogens is 192 g/mol. The molecule has 0 radical (unpaired) electrons. The molecule has 70 valence electrons. The first-order chi connectivity index (χ1) is 6.95. The molecule has 3 heterocycles. The minimum Gasteiger partial charge on any atom is -0.334 e. The fourth-order valence-electron chi connectivity index (χ4n) is 1.80. The highest BCUT2D eigenvalue weighted by Crippen LogP contribution is 2.31. The van der Waals surface area contributed by atoms with E-state index >= 15 is 0 Å². The highest BCUT2D eigenvalue weighted by atomic mass is 32.2. The van der Waals surface area contributed by atoms with E-state index in [2.05, 4.69) is 27.8 Å². The molecule has 2 aromatic rings. The average Bonchev–Trinajstić information content (AvgIpc) is 2.79. The smallest absolute Gasteiger partial charge is 0.0689 e. The molecular formula is C11H10N2S. The van der Waals surface area contributed by atoms with Crippen molar-refractivity contribution >= 4 is 11.8 Å². The zero-order chi connectivity index (χ0) is 9.38. The number of pyridine rings is 1. The number of hydrogen-bond donors (Lipinski definition) is 0. The van der Waals surface area contributed by atoms with Crippen molar-refractivity contribution < 1.29 is 0 Å². The maximum absolute atomic E-state index is 4.15. The Morgan fingerprint density at radius 3 is 3.14 bits per heavy atom. The van der Waals surface area contributed by atoms with Gasteiger partial charge in [-0.1, -0.05) is 0 Å². The lowest BCUT2D eigenvalue weighted by molar-refractivity contribution is 0.896. The summed E-state index contributed by atoms with van der Waals surface area (Å²) < 4.78 is 2.36. The predicted octanol–water partition coefficient (Wildman–Crippen LogP) is 2.75. The quantitative estimate of drug-likeness (QED) is 0.707. The summed E-state index contributed by atoms with van der Waals surface area (Å²) in [5.41, 5.74) is 3.92. The maximum atomic E-state index is 4.15. The molecule has 0 fully saturated rings. The van der Waals surface area contributed by atoms with Gasteiger partial charge in [0.1, 0.15) is 0 Å². The summed E-state index contributed by atoms with van der Waals surface area (Å²) in [6.07, 6.45) is 3.73. The van der Waals surface area contributed by atoms with E-state index in [1.807, 2.05) is 30.2 Å². The van der Waals surface area contributed by atoms with Crippen LogP contribution in [0.25, 0.3) is 11.3 Å². The van der Waals surface area contributed by atoms with Crippen molar-refractivity contribution in [3.8, 4) is 11.3 Å². The number of thioether (sulfide) groups is 1. The molecule has 0 saturated heterocycles. The Morgan fingerprint density at radius 1 is 1.29 bits per heavy atom. The minimum atomic E-state index is 1.08. The lowest BCUT2D eigenvalue weighted by Gasteiger charge is -2.04. The van der Waals surface area contributed by atoms with Crippen molar-refractivity contribution in [3.05, 3.63) is 42.4 Å². The summed E-state index contributed by atoms with van der Waals surface area (Å²) in [7, 11) is 0. The Kier molecular flexibility index (Phi) is 1.84. The van der Waals surface area contributed by atoms with Crippen LogP contribution in [0.4, 0.5) is 0 Å². The average molecular weight is 202 g/mol. The van der Waals surface area contributed by atoms with E-state index in [0.717, 1.165) is 11.6 Å². The van der Waals surface area contributed by atoms with Gasteiger partial charge in [-0.2, -0.15) is 0 Å². The molecule has 0 spiro atoms. The van der Waals surface area contributed by atoms with Gasteiger partial charge in [-0.3, -0.25) is 4.98 Å². The standard InChI is InChI=1S/C11H10N2S/c1-2-9(6-12-5-1)11-4-3-10-7-14-8-13(10)11/h1-6H,7-8H2. The zero-order valence-corrected chi connectivity index (χ0v) is 8.50. The van der Waals surface area contributed by atoms with Crippen molar-refractivity contribution in [2.45, 2.75) is 11.6 Å². The van der Waals surface area contributed by atoms with Gasteiger partial charge in [0.15, 0.2) is 0 Å². The molecule has 2 aromatic heterocycles. The van der Waals surface area contributed by atoms with Gasteiger partial charge in [0.25, 0.3) is 0 Å². The number of aromatic nitrogens is 2. The summed E-state index contributed by atoms with van der Waals surface area (Å²) in [4.78, 5) is 4.15. The summed E-state index contributed by atoms with van der Waals surface area (Å²) in [5, 5.41) is 0. The molecule has 0 aliphatic carbocycles. The number of nitrogens with zero attached hydrogens (tertiary/aromatic N) is 2. The van der Waals surface area contributed by atoms with Crippen LogP contribution in [0.1, 0.15) is 5.69 Å². The second kappa shape index (κ2) is 3.17. The van der Waals surface area contributed by atoms with Crippen molar-refractivity contribution in [2.24, 2.45) is 0 Å². The van der Waals surface area contributed by atoms with Crippen LogP contribution in [0.15, 0.2) is 36.7 Å². The molecule has 3 heteroatoms. The molecule has 0 unspecified atom stereocenters. The summed E-state index contributed by atoms with van der Waals surface area (Å²) in [6, 6.07) is 8.49. The molecule has 0 bridgehead atoms. The Morgan fingerprint density at radius 2 is 2.29 bits per heavy atom. The third kappa shape index (κ3) is 1.16. The molecule has 14 heavy (non-hydrogen) atoms. The van der Waals surface area contributed by atoms with E-state index in [4.69, 9.17) is 0 Å². The van der Waals surface area contributed by atoms with Crippen LogP contribution < -0.4 is 0 Å². The third-order valence-corrected chi connectivity index (χ3v) is 3.44. The van der Waals surface area contributed by atoms with Gasteiger partial charge in [0.05, 0.1) is 11.6 Å². The van der Waals surface area contributed by atoms with Gasteiger partial charge in [-0.15, -0.1) is 11.8 Å². The molecule has 0 amide bonds. The van der Waals surface area contributed by atoms with E-state index in [1.165, 1.54) is 17.0 Å². The van der Waals surface area contributed by atoms with Crippen LogP contribution >= 0.6 is 11.8 Å². The predicted molar refractivity (Wildman–Crippen MR) is 59.0 cm³/mol. The van der Waals surface area contributed by atoms with Gasteiger partial charge < -0.3 is 4.57 Å². The molecule has 2 nitrogen and oxygen atoms in total. The normalized spacial score (nSPS) is 14.3. The van der Waals surface area contributed by atoms with Gasteiger partial charge in [-0.25, -0.2) is 0 Å². The molecule has 1 aliphatic rings. The number of hydrogen-bond acceptors (Lipinski definition) is 2. The van der Waals surface area contributed by atoms with Crippen molar-refractivity contribution in [3.63, 3.8) is 0 Å². The van der Waals surface area contributed by atoms with Crippen molar-refractivity contribution in [1.82, 2.24) is 9.55 Å². The van der Waals surface area contributed by atoms with Crippen LogP contribution in [0.3, 0.4) is 0 Å². The maximum Gasteiger partial charge on any atom is 0.0689 e. The van der Waals surface area contributed by atoms with Crippen LogP contribution in [0.5, 0.6) is 0 Å². The Balaban J connectivity index is 2.13. The molecule has 0 N–H and O–H groups in total. The van der Waals surface area contributed by atoms with E-state index < -0.39 is 0 Å². The number of fused-ring (bicyclic) bond motifs is 1. The van der Waals surface area contributed by atoms with E-state index in [9.17, 15) is 0 Å². The van der Waals surface area contributed by atoms with E-state index in [0.29, 0.717) is 0 Å². The van der Waals surface area contributed by atoms with Crippen molar-refractivity contribution in [2.75, 3.05) is 0 Å². The first kappa shape index (κ1) is 8.12. The summed E-state index contributed by atoms with van der Waals surface area (Å²) >= 11 is 1.96. The highest BCUT2D eigenvalue weighted by Gasteiger charge is 2.14. The molecule has 0 saturated carbocycles. The zero-order valence-electron chi connectivity index (χ0n) is 7.68. The summed E-state index contributed by atoms with van der Waals surface area (Å²) in [5.74, 6) is 2.22. The van der Waals surface area contributed by atoms with Crippen molar-refractivity contribution in [1.29, 1.82) is 0 Å². The second-order valence-corrected chi connectivity index (χ2v) is 4.31. The monoisotopic (exact) mass is 202 g/mol. The first-order valence-electron chi connectivity index (χ1n) is 4.62. The topological polar surface area (TPSA) is 17.8 Å². The molecule has 0 atom stereocenters. The van der Waals surface area contributed by atoms with Gasteiger partial charge >= 0.3 is 0 Å². The Labute approximate surface area is 87.0 Å². The molecule has 1 aliphatic heterocycles. The van der Waals surface area contributed by atoms with Crippen LogP contribution in [-0.2, 0) is 11.6 Å². The molecule has 3 rings (SSSR count). The van der Waals surface area contributed by atoms with Gasteiger partial charge in [0.2, 0.25) is 0 Å². The lowest BCUT2D eigenvalue weighted by atomic mass is 10.2. The van der Waals surface area contributed by atoms with Gasteiger partial charge in [-0.05, 0) is 24.3 Å². The minimum absolute atomic E-state index is 1.08. The Hall–Kier alpha value is -1.22. The molecule has 0 aromatic carbocycles. The highest BCUT2D eigenvalue weighted by molar-refractivity contribution is 7.97. The fourth-order valence-corrected chi connectivity index (χ4v) is 2.84. The largest absolute Gasteiger partial charge is 0.334 e. The van der Waals surface area contributed by atoms with Crippen LogP contribution in [-0.4, -0.2) is 9.55 Å². The van der Waals surface area contributed by atoms with Gasteiger partial charge in [0, 0.05) is 29.4 Å². The lowest BCUT2D eigenvalue weighted by Crippen LogP contribution is -1.94. The van der Waals surface area contributed by atoms with Crippen LogP contribution in [0.2, 0.25) is 0 Å². The van der Waals surface area contributed by atoms with Crippen LogP contribution in [0, 0.1) is 0 Å². The second-order valence-electron chi connectivity index (χ2n) is 3.36.